The number of rotatable bonds is 3. The quantitative estimate of drug-likeness (QED) is 0.587. The maximum Gasteiger partial charge on any atom is 0.240 e. The van der Waals surface area contributed by atoms with Gasteiger partial charge in [0, 0.05) is 18.8 Å². The van der Waals surface area contributed by atoms with Crippen LogP contribution in [0.2, 0.25) is 0 Å². The van der Waals surface area contributed by atoms with Crippen molar-refractivity contribution in [2.24, 2.45) is 0 Å². The van der Waals surface area contributed by atoms with E-state index in [1.54, 1.807) is 11.0 Å². The second-order valence-electron chi connectivity index (χ2n) is 5.12. The van der Waals surface area contributed by atoms with Crippen molar-refractivity contribution >= 4 is 38.3 Å². The van der Waals surface area contributed by atoms with E-state index in [2.05, 4.69) is 10.3 Å². The van der Waals surface area contributed by atoms with Gasteiger partial charge in [-0.3, -0.25) is 9.69 Å². The first kappa shape index (κ1) is 14.2. The van der Waals surface area contributed by atoms with E-state index in [1.807, 2.05) is 12.1 Å². The molecule has 112 valence electrons. The summed E-state index contributed by atoms with van der Waals surface area (Å²) in [5.41, 5.74) is 7.15. The molecule has 3 rings (SSSR count). The number of nitrogen functional groups attached to an aromatic ring is 1. The molecular weight excluding hydrogens is 292 g/mol. The molecule has 21 heavy (non-hydrogen) atoms. The van der Waals surface area contributed by atoms with E-state index in [0.717, 1.165) is 10.2 Å². The number of nitrogens with zero attached hydrogens (tertiary/aromatic N) is 2. The van der Waals surface area contributed by atoms with Crippen LogP contribution in [0, 0.1) is 0 Å². The van der Waals surface area contributed by atoms with Crippen LogP contribution in [-0.4, -0.2) is 57.8 Å². The zero-order chi connectivity index (χ0) is 15.0. The van der Waals surface area contributed by atoms with Crippen LogP contribution in [0.3, 0.4) is 0 Å². The van der Waals surface area contributed by atoms with Gasteiger partial charge in [0.25, 0.3) is 0 Å². The van der Waals surface area contributed by atoms with Crippen molar-refractivity contribution < 1.29 is 15.0 Å². The number of nitrogens with one attached hydrogen (secondary N) is 1. The molecule has 1 aromatic heterocycles. The summed E-state index contributed by atoms with van der Waals surface area (Å²) >= 11 is 1.36. The predicted octanol–water partition coefficient (Wildman–Crippen LogP) is -0.146. The van der Waals surface area contributed by atoms with Crippen molar-refractivity contribution in [3.63, 3.8) is 0 Å². The highest BCUT2D eigenvalue weighted by molar-refractivity contribution is 7.22. The Morgan fingerprint density at radius 2 is 2.14 bits per heavy atom. The highest BCUT2D eigenvalue weighted by atomic mass is 32.1. The van der Waals surface area contributed by atoms with Crippen molar-refractivity contribution in [2.45, 2.75) is 12.2 Å². The molecule has 0 saturated carbocycles. The Bertz CT molecular complexity index is 664. The van der Waals surface area contributed by atoms with Crippen molar-refractivity contribution in [3.05, 3.63) is 18.2 Å². The topological polar surface area (TPSA) is 112 Å². The number of aromatic nitrogens is 1. The number of nitrogens with two attached hydrogens (primary N) is 1. The number of fused-ring (bicyclic) bond motifs is 1. The molecule has 0 radical (unpaired) electrons. The average molecular weight is 308 g/mol. The number of benzene rings is 1. The van der Waals surface area contributed by atoms with E-state index in [9.17, 15) is 15.0 Å². The number of hydrogen-bond acceptors (Lipinski definition) is 7. The van der Waals surface area contributed by atoms with Gasteiger partial charge in [-0.05, 0) is 18.2 Å². The highest BCUT2D eigenvalue weighted by Crippen LogP contribution is 2.27. The normalized spacial score (nSPS) is 22.8. The molecule has 0 aliphatic carbocycles. The summed E-state index contributed by atoms with van der Waals surface area (Å²) in [5, 5.41) is 22.1. The fourth-order valence-corrected chi connectivity index (χ4v) is 3.26. The Morgan fingerprint density at radius 1 is 1.43 bits per heavy atom. The van der Waals surface area contributed by atoms with Crippen LogP contribution in [0.25, 0.3) is 10.2 Å². The van der Waals surface area contributed by atoms with E-state index in [0.29, 0.717) is 23.9 Å². The molecule has 2 aromatic rings. The summed E-state index contributed by atoms with van der Waals surface area (Å²) in [6.45, 7) is 0.710. The van der Waals surface area contributed by atoms with Gasteiger partial charge in [-0.1, -0.05) is 11.3 Å². The van der Waals surface area contributed by atoms with Crippen molar-refractivity contribution in [1.82, 2.24) is 9.88 Å². The molecule has 1 aliphatic rings. The molecule has 2 heterocycles. The van der Waals surface area contributed by atoms with E-state index in [-0.39, 0.29) is 12.5 Å². The molecule has 2 atom stereocenters. The van der Waals surface area contributed by atoms with E-state index in [1.165, 1.54) is 11.3 Å². The molecule has 2 unspecified atom stereocenters. The number of β-amino-alcohol motifs (C(OH)–C–C–N with tert-alkyl or cyclic N) is 2. The molecule has 7 nitrogen and oxygen atoms in total. The zero-order valence-corrected chi connectivity index (χ0v) is 12.0. The van der Waals surface area contributed by atoms with Gasteiger partial charge < -0.3 is 21.3 Å². The van der Waals surface area contributed by atoms with Gasteiger partial charge in [-0.15, -0.1) is 0 Å². The lowest BCUT2D eigenvalue weighted by molar-refractivity contribution is -0.117. The Morgan fingerprint density at radius 3 is 2.86 bits per heavy atom. The molecule has 1 amide bonds. The summed E-state index contributed by atoms with van der Waals surface area (Å²) < 4.78 is 0.914. The summed E-state index contributed by atoms with van der Waals surface area (Å²) in [5.74, 6) is -0.219. The minimum absolute atomic E-state index is 0.117. The molecule has 1 fully saturated rings. The minimum Gasteiger partial charge on any atom is -0.399 e. The number of carbonyl (C=O) groups excluding carboxylic acids is 1. The lowest BCUT2D eigenvalue weighted by atomic mass is 10.3. The van der Waals surface area contributed by atoms with Crippen LogP contribution in [-0.2, 0) is 4.79 Å². The summed E-state index contributed by atoms with van der Waals surface area (Å²) in [4.78, 5) is 18.0. The van der Waals surface area contributed by atoms with Crippen molar-refractivity contribution in [2.75, 3.05) is 30.7 Å². The van der Waals surface area contributed by atoms with Gasteiger partial charge >= 0.3 is 0 Å². The number of thiazole rings is 1. The van der Waals surface area contributed by atoms with Crippen molar-refractivity contribution in [1.29, 1.82) is 0 Å². The molecule has 0 bridgehead atoms. The van der Waals surface area contributed by atoms with Gasteiger partial charge in [0.2, 0.25) is 5.91 Å². The number of aliphatic hydroxyl groups excluding tert-OH is 2. The number of hydrogen-bond donors (Lipinski definition) is 4. The largest absolute Gasteiger partial charge is 0.399 e. The van der Waals surface area contributed by atoms with Crippen molar-refractivity contribution in [3.8, 4) is 0 Å². The van der Waals surface area contributed by atoms with E-state index in [4.69, 9.17) is 5.73 Å². The summed E-state index contributed by atoms with van der Waals surface area (Å²) in [7, 11) is 0. The fraction of sp³-hybridized carbons (Fsp3) is 0.385. The van der Waals surface area contributed by atoms with Crippen LogP contribution >= 0.6 is 11.3 Å². The second-order valence-corrected chi connectivity index (χ2v) is 6.15. The first-order valence-corrected chi connectivity index (χ1v) is 7.37. The fourth-order valence-electron chi connectivity index (χ4n) is 2.33. The molecular formula is C13H16N4O3S. The first-order valence-electron chi connectivity index (χ1n) is 6.55. The maximum atomic E-state index is 12.0. The maximum absolute atomic E-state index is 12.0. The third-order valence-electron chi connectivity index (χ3n) is 3.36. The molecule has 1 aromatic carbocycles. The third-order valence-corrected chi connectivity index (χ3v) is 4.29. The zero-order valence-electron chi connectivity index (χ0n) is 11.2. The van der Waals surface area contributed by atoms with E-state index < -0.39 is 12.2 Å². The summed E-state index contributed by atoms with van der Waals surface area (Å²) in [6.07, 6.45) is -1.58. The number of amides is 1. The molecule has 8 heteroatoms. The summed E-state index contributed by atoms with van der Waals surface area (Å²) in [6, 6.07) is 5.39. The first-order chi connectivity index (χ1) is 10.0. The number of anilines is 2. The Hall–Kier alpha value is -1.74. The van der Waals surface area contributed by atoms with Crippen LogP contribution in [0.5, 0.6) is 0 Å². The van der Waals surface area contributed by atoms with Gasteiger partial charge in [-0.2, -0.15) is 0 Å². The van der Waals surface area contributed by atoms with Crippen LogP contribution in [0.1, 0.15) is 0 Å². The van der Waals surface area contributed by atoms with Crippen LogP contribution in [0.4, 0.5) is 10.8 Å². The standard InChI is InChI=1S/C13H16N4O3S/c14-7-1-2-8-11(3-7)21-13(15-8)16-12(20)6-17-4-9(18)10(19)5-17/h1-3,9-10,18-19H,4-6,14H2,(H,15,16,20). The predicted molar refractivity (Wildman–Crippen MR) is 81.1 cm³/mol. The van der Waals surface area contributed by atoms with Crippen LogP contribution < -0.4 is 11.1 Å². The second kappa shape index (κ2) is 5.57. The van der Waals surface area contributed by atoms with Gasteiger partial charge in [-0.25, -0.2) is 4.98 Å². The Kier molecular flexibility index (Phi) is 3.77. The molecule has 5 N–H and O–H groups in total. The number of likely N-dealkylation sites (tertiary alicyclic amines) is 1. The SMILES string of the molecule is Nc1ccc2nc(NC(=O)CN3CC(O)C(O)C3)sc2c1. The smallest absolute Gasteiger partial charge is 0.240 e. The molecule has 1 saturated heterocycles. The third kappa shape index (κ3) is 3.13. The lowest BCUT2D eigenvalue weighted by Gasteiger charge is -2.13. The van der Waals surface area contributed by atoms with Gasteiger partial charge in [0.05, 0.1) is 29.0 Å². The van der Waals surface area contributed by atoms with E-state index >= 15 is 0 Å². The Labute approximate surface area is 125 Å². The molecule has 1 aliphatic heterocycles. The minimum atomic E-state index is -0.789. The Balaban J connectivity index is 1.63. The lowest BCUT2D eigenvalue weighted by Crippen LogP contribution is -2.32. The van der Waals surface area contributed by atoms with Crippen LogP contribution in [0.15, 0.2) is 18.2 Å². The monoisotopic (exact) mass is 308 g/mol. The molecule has 0 spiro atoms. The highest BCUT2D eigenvalue weighted by Gasteiger charge is 2.30. The number of aliphatic hydroxyl groups is 2. The van der Waals surface area contributed by atoms with Gasteiger partial charge in [0.15, 0.2) is 5.13 Å². The van der Waals surface area contributed by atoms with Gasteiger partial charge in [0.1, 0.15) is 0 Å². The average Bonchev–Trinajstić information content (AvgIpc) is 2.92. The number of carbonyl (C=O) groups is 1.